The van der Waals surface area contributed by atoms with Gasteiger partial charge in [-0.3, -0.25) is 0 Å². The van der Waals surface area contributed by atoms with E-state index in [4.69, 9.17) is 0 Å². The van der Waals surface area contributed by atoms with E-state index in [9.17, 15) is 43.2 Å². The van der Waals surface area contributed by atoms with Crippen molar-refractivity contribution in [2.45, 2.75) is 44.5 Å². The third kappa shape index (κ3) is 3.57. The molecule has 0 aliphatic carbocycles. The summed E-state index contributed by atoms with van der Waals surface area (Å²) in [6.45, 7) is -0.850. The van der Waals surface area contributed by atoms with Crippen LogP contribution in [0.15, 0.2) is 0 Å². The van der Waals surface area contributed by atoms with Gasteiger partial charge in [0, 0.05) is 0 Å². The summed E-state index contributed by atoms with van der Waals surface area (Å²) in [4.78, 5) is 0. The summed E-state index contributed by atoms with van der Waals surface area (Å²) in [6, 6.07) is 0. The third-order valence-electron chi connectivity index (χ3n) is 5.32. The fourth-order valence-electron chi connectivity index (χ4n) is 2.94. The van der Waals surface area contributed by atoms with Crippen molar-refractivity contribution in [3.8, 4) is 0 Å². The molecule has 0 rings (SSSR count). The van der Waals surface area contributed by atoms with Gasteiger partial charge in [0.2, 0.25) is 0 Å². The Morgan fingerprint density at radius 1 is 0.630 bits per heavy atom. The maximum atomic E-state index is 15.3. The molecule has 0 fully saturated rings. The van der Waals surface area contributed by atoms with Gasteiger partial charge in [0.15, 0.2) is 0 Å². The standard InChI is InChI=1S/C11H20F8NO4PS2/c1-5-25(6-2,7-3,8-4)11(18,19)20(26(21,22)9(12,13)14)27(23,24)10(15,16)17/h5-8H2,1-4H3. The van der Waals surface area contributed by atoms with Crippen LogP contribution in [-0.4, -0.2) is 62.0 Å². The summed E-state index contributed by atoms with van der Waals surface area (Å²) in [5, 5.41) is 0. The second kappa shape index (κ2) is 7.21. The van der Waals surface area contributed by atoms with E-state index in [1.807, 2.05) is 0 Å². The molecule has 0 N–H and O–H groups in total. The van der Waals surface area contributed by atoms with E-state index in [-0.39, 0.29) is 0 Å². The molecule has 0 saturated carbocycles. The minimum absolute atomic E-state index is 0.667. The molecule has 0 saturated heterocycles. The van der Waals surface area contributed by atoms with Crippen LogP contribution >= 0.6 is 6.60 Å². The van der Waals surface area contributed by atoms with Gasteiger partial charge in [0.1, 0.15) is 0 Å². The molecule has 0 amide bonds. The van der Waals surface area contributed by atoms with Crippen LogP contribution in [0.3, 0.4) is 0 Å². The zero-order valence-electron chi connectivity index (χ0n) is 14.7. The van der Waals surface area contributed by atoms with Crippen LogP contribution < -0.4 is 0 Å². The molecule has 0 bridgehead atoms. The Kier molecular flexibility index (Phi) is 7.13. The van der Waals surface area contributed by atoms with Crippen molar-refractivity contribution >= 4 is 26.6 Å². The quantitative estimate of drug-likeness (QED) is 0.299. The molecule has 0 aromatic rings. The second-order valence-corrected chi connectivity index (χ2v) is 16.7. The second-order valence-electron chi connectivity index (χ2n) is 5.85. The van der Waals surface area contributed by atoms with Gasteiger partial charge in [0.05, 0.1) is 0 Å². The molecule has 0 heterocycles. The normalized spacial score (nSPS) is 17.0. The van der Waals surface area contributed by atoms with Crippen LogP contribution in [0.4, 0.5) is 35.1 Å². The first kappa shape index (κ1) is 26.7. The predicted molar refractivity (Wildman–Crippen MR) is 85.8 cm³/mol. The van der Waals surface area contributed by atoms with Gasteiger partial charge < -0.3 is 0 Å². The molecule has 0 radical (unpaired) electrons. The summed E-state index contributed by atoms with van der Waals surface area (Å²) in [7, 11) is -15.2. The van der Waals surface area contributed by atoms with E-state index in [2.05, 4.69) is 0 Å². The Bertz CT molecular complexity index is 689. The summed E-state index contributed by atoms with van der Waals surface area (Å²) < 4.78 is 152. The zero-order valence-corrected chi connectivity index (χ0v) is 17.2. The molecule has 0 unspecified atom stereocenters. The third-order valence-corrected chi connectivity index (χ3v) is 17.6. The Labute approximate surface area is 152 Å². The number of rotatable bonds is 8. The summed E-state index contributed by atoms with van der Waals surface area (Å²) >= 11 is 0. The van der Waals surface area contributed by atoms with Gasteiger partial charge in [-0.15, -0.1) is 0 Å². The van der Waals surface area contributed by atoms with Crippen LogP contribution in [0.1, 0.15) is 27.7 Å². The van der Waals surface area contributed by atoms with Gasteiger partial charge in [-0.25, -0.2) is 0 Å². The van der Waals surface area contributed by atoms with Crippen LogP contribution in [0.5, 0.6) is 0 Å². The molecule has 0 aromatic heterocycles. The van der Waals surface area contributed by atoms with E-state index < -0.39 is 71.8 Å². The van der Waals surface area contributed by atoms with Crippen molar-refractivity contribution in [2.75, 3.05) is 24.6 Å². The number of sulfonamides is 2. The van der Waals surface area contributed by atoms with Crippen molar-refractivity contribution in [2.24, 2.45) is 0 Å². The monoisotopic (exact) mass is 477 g/mol. The zero-order chi connectivity index (χ0) is 22.4. The van der Waals surface area contributed by atoms with E-state index in [1.165, 1.54) is 0 Å². The topological polar surface area (TPSA) is 71.5 Å². The van der Waals surface area contributed by atoms with Crippen molar-refractivity contribution in [3.05, 3.63) is 0 Å². The molecule has 0 atom stereocenters. The van der Waals surface area contributed by atoms with Crippen LogP contribution in [-0.2, 0) is 20.0 Å². The first-order chi connectivity index (χ1) is 11.7. The number of hydrogen-bond acceptors (Lipinski definition) is 4. The van der Waals surface area contributed by atoms with Crippen LogP contribution in [0, 0.1) is 0 Å². The Morgan fingerprint density at radius 2 is 0.852 bits per heavy atom. The molecule has 0 aliphatic heterocycles. The fraction of sp³-hybridized carbons (Fsp3) is 1.00. The van der Waals surface area contributed by atoms with E-state index in [0.29, 0.717) is 0 Å². The first-order valence-corrected chi connectivity index (χ1v) is 13.3. The minimum atomic E-state index is -7.59. The SMILES string of the molecule is CCP(CC)(CC)(CC)C(F)(F)N(S(=O)(=O)C(F)(F)F)S(=O)(=O)C(F)(F)F. The van der Waals surface area contributed by atoms with Crippen molar-refractivity contribution in [1.82, 2.24) is 3.71 Å². The Morgan fingerprint density at radius 3 is 1.00 bits per heavy atom. The van der Waals surface area contributed by atoms with Gasteiger partial charge in [-0.1, -0.05) is 0 Å². The Hall–Kier alpha value is -0.270. The summed E-state index contributed by atoms with van der Waals surface area (Å²) in [5.41, 5.74) is -13.4. The van der Waals surface area contributed by atoms with Gasteiger partial charge in [-0.2, -0.15) is 0 Å². The fourth-order valence-corrected chi connectivity index (χ4v) is 12.1. The molecule has 5 nitrogen and oxygen atoms in total. The van der Waals surface area contributed by atoms with Crippen molar-refractivity contribution in [3.63, 3.8) is 0 Å². The molecule has 0 aromatic carbocycles. The van der Waals surface area contributed by atoms with Crippen molar-refractivity contribution in [1.29, 1.82) is 0 Å². The van der Waals surface area contributed by atoms with Crippen LogP contribution in [0.25, 0.3) is 0 Å². The average molecular weight is 477 g/mol. The molecule has 27 heavy (non-hydrogen) atoms. The molecular weight excluding hydrogens is 457 g/mol. The van der Waals surface area contributed by atoms with Crippen molar-refractivity contribution < 1.29 is 52.0 Å². The van der Waals surface area contributed by atoms with Gasteiger partial charge >= 0.3 is 151 Å². The summed E-state index contributed by atoms with van der Waals surface area (Å²) in [5.74, 6) is -5.44. The van der Waals surface area contributed by atoms with Gasteiger partial charge in [-0.05, 0) is 0 Å². The molecule has 16 heteroatoms. The number of hydrogen-bond donors (Lipinski definition) is 0. The molecule has 0 aliphatic rings. The van der Waals surface area contributed by atoms with Gasteiger partial charge in [0.25, 0.3) is 0 Å². The Balaban J connectivity index is 7.52. The first-order valence-electron chi connectivity index (χ1n) is 7.49. The number of halogens is 8. The van der Waals surface area contributed by atoms with Crippen LogP contribution in [0.2, 0.25) is 0 Å². The number of alkyl halides is 8. The van der Waals surface area contributed by atoms with E-state index in [0.717, 1.165) is 27.7 Å². The average Bonchev–Trinajstić information content (AvgIpc) is 2.47. The number of nitrogens with zero attached hydrogens (tertiary/aromatic N) is 1. The molecule has 0 spiro atoms. The molecular formula is C11H20F8NO4PS2. The predicted octanol–water partition coefficient (Wildman–Crippen LogP) is 4.17. The van der Waals surface area contributed by atoms with E-state index >= 15 is 8.78 Å². The summed E-state index contributed by atoms with van der Waals surface area (Å²) in [6.07, 6.45) is -2.67. The maximum absolute atomic E-state index is 15.3. The van der Waals surface area contributed by atoms with E-state index in [1.54, 1.807) is 0 Å². The molecule has 166 valence electrons.